The van der Waals surface area contributed by atoms with E-state index in [-0.39, 0.29) is 0 Å². The Kier molecular flexibility index (Phi) is 3.90. The molecule has 104 valence electrons. The third-order valence-corrected chi connectivity index (χ3v) is 4.72. The van der Waals surface area contributed by atoms with Crippen molar-refractivity contribution in [3.05, 3.63) is 35.4 Å². The molecular formula is C17H25NO. The molecule has 0 bridgehead atoms. The van der Waals surface area contributed by atoms with Gasteiger partial charge in [-0.1, -0.05) is 38.1 Å². The Morgan fingerprint density at radius 1 is 1.37 bits per heavy atom. The first-order valence-corrected chi connectivity index (χ1v) is 7.72. The van der Waals surface area contributed by atoms with Gasteiger partial charge in [-0.3, -0.25) is 0 Å². The van der Waals surface area contributed by atoms with Gasteiger partial charge in [0.05, 0.1) is 12.7 Å². The second-order valence-electron chi connectivity index (χ2n) is 6.08. The van der Waals surface area contributed by atoms with Gasteiger partial charge in [-0.2, -0.15) is 0 Å². The molecule has 1 aromatic rings. The number of fused-ring (bicyclic) bond motifs is 1. The van der Waals surface area contributed by atoms with Crippen LogP contribution in [0.25, 0.3) is 0 Å². The summed E-state index contributed by atoms with van der Waals surface area (Å²) in [7, 11) is 0. The van der Waals surface area contributed by atoms with Crippen molar-refractivity contribution in [2.75, 3.05) is 13.2 Å². The molecule has 0 radical (unpaired) electrons. The number of rotatable bonds is 5. The molecule has 2 nitrogen and oxygen atoms in total. The Hall–Kier alpha value is -0.860. The Morgan fingerprint density at radius 3 is 2.89 bits per heavy atom. The number of nitrogens with one attached hydrogen (secondary N) is 1. The number of hydrogen-bond donors (Lipinski definition) is 1. The minimum atomic E-state index is 0.293. The molecule has 0 spiro atoms. The lowest BCUT2D eigenvalue weighted by Gasteiger charge is -2.30. The van der Waals surface area contributed by atoms with E-state index in [1.54, 1.807) is 0 Å². The number of hydrogen-bond acceptors (Lipinski definition) is 2. The maximum absolute atomic E-state index is 6.05. The lowest BCUT2D eigenvalue weighted by atomic mass is 9.92. The Balaban J connectivity index is 1.72. The van der Waals surface area contributed by atoms with Gasteiger partial charge in [0.15, 0.2) is 0 Å². The first-order valence-electron chi connectivity index (χ1n) is 7.72. The van der Waals surface area contributed by atoms with Crippen LogP contribution in [0.1, 0.15) is 43.9 Å². The molecule has 1 N–H and O–H groups in total. The third-order valence-electron chi connectivity index (χ3n) is 4.72. The molecule has 1 saturated carbocycles. The van der Waals surface area contributed by atoms with Crippen LogP contribution in [0, 0.1) is 11.8 Å². The summed E-state index contributed by atoms with van der Waals surface area (Å²) in [6.45, 7) is 6.50. The standard InChI is InChI=1S/C17H25NO/c1-3-18-16(15-10-12(15)2)11-17-14-7-5-4-6-13(14)8-9-19-17/h4-7,12,15-18H,3,8-11H2,1-2H3. The molecule has 2 heteroatoms. The van der Waals surface area contributed by atoms with Gasteiger partial charge in [-0.25, -0.2) is 0 Å². The highest BCUT2D eigenvalue weighted by Gasteiger charge is 2.40. The van der Waals surface area contributed by atoms with Crippen LogP contribution in [0.5, 0.6) is 0 Å². The van der Waals surface area contributed by atoms with Crippen LogP contribution in [-0.4, -0.2) is 19.2 Å². The summed E-state index contributed by atoms with van der Waals surface area (Å²) in [5.74, 6) is 1.75. The third kappa shape index (κ3) is 2.85. The summed E-state index contributed by atoms with van der Waals surface area (Å²) in [5, 5.41) is 3.67. The maximum Gasteiger partial charge on any atom is 0.0842 e. The summed E-state index contributed by atoms with van der Waals surface area (Å²) >= 11 is 0. The average Bonchev–Trinajstić information content (AvgIpc) is 3.16. The molecule has 4 unspecified atom stereocenters. The van der Waals surface area contributed by atoms with Crippen molar-refractivity contribution < 1.29 is 4.74 Å². The SMILES string of the molecule is CCNC(CC1OCCc2ccccc21)C1CC1C. The van der Waals surface area contributed by atoms with Crippen molar-refractivity contribution in [1.29, 1.82) is 0 Å². The van der Waals surface area contributed by atoms with Crippen LogP contribution < -0.4 is 5.32 Å². The first kappa shape index (κ1) is 13.1. The van der Waals surface area contributed by atoms with Crippen LogP contribution in [0.4, 0.5) is 0 Å². The van der Waals surface area contributed by atoms with Gasteiger partial charge in [0.25, 0.3) is 0 Å². The van der Waals surface area contributed by atoms with Crippen molar-refractivity contribution >= 4 is 0 Å². The molecule has 2 aliphatic rings. The molecular weight excluding hydrogens is 234 g/mol. The van der Waals surface area contributed by atoms with Gasteiger partial charge in [-0.15, -0.1) is 0 Å². The van der Waals surface area contributed by atoms with Crippen molar-refractivity contribution in [2.45, 2.75) is 45.3 Å². The number of ether oxygens (including phenoxy) is 1. The van der Waals surface area contributed by atoms with E-state index < -0.39 is 0 Å². The topological polar surface area (TPSA) is 21.3 Å². The fourth-order valence-corrected chi connectivity index (χ4v) is 3.49. The van der Waals surface area contributed by atoms with Gasteiger partial charge >= 0.3 is 0 Å². The van der Waals surface area contributed by atoms with Gasteiger partial charge in [0.2, 0.25) is 0 Å². The van der Waals surface area contributed by atoms with Crippen LogP contribution in [0.3, 0.4) is 0 Å². The second kappa shape index (κ2) is 5.64. The lowest BCUT2D eigenvalue weighted by molar-refractivity contribution is 0.0275. The first-order chi connectivity index (χ1) is 9.29. The van der Waals surface area contributed by atoms with E-state index >= 15 is 0 Å². The summed E-state index contributed by atoms with van der Waals surface area (Å²) < 4.78 is 6.05. The zero-order valence-electron chi connectivity index (χ0n) is 12.1. The molecule has 1 heterocycles. The van der Waals surface area contributed by atoms with Crippen LogP contribution in [0.2, 0.25) is 0 Å². The van der Waals surface area contributed by atoms with E-state index in [0.717, 1.165) is 37.8 Å². The van der Waals surface area contributed by atoms with Gasteiger partial charge in [0, 0.05) is 6.04 Å². The summed E-state index contributed by atoms with van der Waals surface area (Å²) in [5.41, 5.74) is 2.91. The number of benzene rings is 1. The summed E-state index contributed by atoms with van der Waals surface area (Å²) in [4.78, 5) is 0. The normalized spacial score (nSPS) is 30.7. The zero-order chi connectivity index (χ0) is 13.2. The van der Waals surface area contributed by atoms with E-state index in [2.05, 4.69) is 43.4 Å². The highest BCUT2D eigenvalue weighted by molar-refractivity contribution is 5.31. The van der Waals surface area contributed by atoms with E-state index in [4.69, 9.17) is 4.74 Å². The smallest absolute Gasteiger partial charge is 0.0842 e. The molecule has 0 saturated heterocycles. The molecule has 0 aromatic heterocycles. The average molecular weight is 259 g/mol. The van der Waals surface area contributed by atoms with Crippen molar-refractivity contribution in [2.24, 2.45) is 11.8 Å². The highest BCUT2D eigenvalue weighted by Crippen LogP contribution is 2.44. The molecule has 1 fully saturated rings. The molecule has 19 heavy (non-hydrogen) atoms. The van der Waals surface area contributed by atoms with Gasteiger partial charge in [0.1, 0.15) is 0 Å². The fourth-order valence-electron chi connectivity index (χ4n) is 3.49. The fraction of sp³-hybridized carbons (Fsp3) is 0.647. The van der Waals surface area contributed by atoms with E-state index in [9.17, 15) is 0 Å². The minimum Gasteiger partial charge on any atom is -0.373 e. The van der Waals surface area contributed by atoms with Crippen molar-refractivity contribution in [3.63, 3.8) is 0 Å². The molecule has 0 amide bonds. The van der Waals surface area contributed by atoms with E-state index in [0.29, 0.717) is 12.1 Å². The molecule has 1 aromatic carbocycles. The molecule has 4 atom stereocenters. The van der Waals surface area contributed by atoms with Crippen LogP contribution in [0.15, 0.2) is 24.3 Å². The monoisotopic (exact) mass is 259 g/mol. The van der Waals surface area contributed by atoms with Gasteiger partial charge < -0.3 is 10.1 Å². The summed E-state index contributed by atoms with van der Waals surface area (Å²) in [6.07, 6.45) is 3.87. The minimum absolute atomic E-state index is 0.293. The zero-order valence-corrected chi connectivity index (χ0v) is 12.1. The Bertz CT molecular complexity index is 431. The largest absolute Gasteiger partial charge is 0.373 e. The second-order valence-corrected chi connectivity index (χ2v) is 6.08. The van der Waals surface area contributed by atoms with Crippen LogP contribution >= 0.6 is 0 Å². The lowest BCUT2D eigenvalue weighted by Crippen LogP contribution is -2.34. The van der Waals surface area contributed by atoms with Gasteiger partial charge in [-0.05, 0) is 48.8 Å². The van der Waals surface area contributed by atoms with Crippen LogP contribution in [-0.2, 0) is 11.2 Å². The predicted octanol–water partition coefficient (Wildman–Crippen LogP) is 3.32. The molecule has 3 rings (SSSR count). The quantitative estimate of drug-likeness (QED) is 0.876. The maximum atomic E-state index is 6.05. The van der Waals surface area contributed by atoms with Crippen molar-refractivity contribution in [3.8, 4) is 0 Å². The van der Waals surface area contributed by atoms with Crippen molar-refractivity contribution in [1.82, 2.24) is 5.32 Å². The molecule has 1 aliphatic heterocycles. The highest BCUT2D eigenvalue weighted by atomic mass is 16.5. The van der Waals surface area contributed by atoms with E-state index in [1.807, 2.05) is 0 Å². The molecule has 1 aliphatic carbocycles. The Labute approximate surface area is 116 Å². The Morgan fingerprint density at radius 2 is 2.16 bits per heavy atom. The predicted molar refractivity (Wildman–Crippen MR) is 78.2 cm³/mol. The summed E-state index contributed by atoms with van der Waals surface area (Å²) in [6, 6.07) is 9.41. The van der Waals surface area contributed by atoms with E-state index in [1.165, 1.54) is 17.5 Å².